The van der Waals surface area contributed by atoms with E-state index in [2.05, 4.69) is 61.3 Å². The standard InChI is InChI=1S/C23H24N4O2S/c1-14(2)12-29-18-8-6-17(7-9-18)21(28)24-22-25-23-27(26-22)20(13-30-23)19-10-5-15(3)11-16(19)4/h5-11,13-14H,12H2,1-4H3,(H,24,26,28). The number of aromatic nitrogens is 3. The molecule has 0 bridgehead atoms. The zero-order valence-corrected chi connectivity index (χ0v) is 18.3. The van der Waals surface area contributed by atoms with Gasteiger partial charge in [0.05, 0.1) is 12.3 Å². The zero-order chi connectivity index (χ0) is 21.3. The Labute approximate surface area is 179 Å². The van der Waals surface area contributed by atoms with Crippen LogP contribution in [0.1, 0.15) is 35.3 Å². The summed E-state index contributed by atoms with van der Waals surface area (Å²) in [5.41, 5.74) is 4.99. The number of aryl methyl sites for hydroxylation is 2. The lowest BCUT2D eigenvalue weighted by Gasteiger charge is -2.09. The smallest absolute Gasteiger partial charge is 0.258 e. The summed E-state index contributed by atoms with van der Waals surface area (Å²) in [7, 11) is 0. The maximum atomic E-state index is 12.6. The number of hydrogen-bond acceptors (Lipinski definition) is 5. The summed E-state index contributed by atoms with van der Waals surface area (Å²) in [6, 6.07) is 13.4. The van der Waals surface area contributed by atoms with Crippen molar-refractivity contribution < 1.29 is 9.53 Å². The van der Waals surface area contributed by atoms with E-state index in [1.807, 2.05) is 5.38 Å². The molecule has 0 unspecified atom stereocenters. The first kappa shape index (κ1) is 20.1. The van der Waals surface area contributed by atoms with Gasteiger partial charge in [-0.2, -0.15) is 4.98 Å². The van der Waals surface area contributed by atoms with Crippen molar-refractivity contribution in [3.63, 3.8) is 0 Å². The highest BCUT2D eigenvalue weighted by Crippen LogP contribution is 2.29. The third kappa shape index (κ3) is 4.21. The van der Waals surface area contributed by atoms with Gasteiger partial charge in [0.15, 0.2) is 0 Å². The highest BCUT2D eigenvalue weighted by molar-refractivity contribution is 7.15. The van der Waals surface area contributed by atoms with Crippen molar-refractivity contribution >= 4 is 28.2 Å². The number of fused-ring (bicyclic) bond motifs is 1. The molecule has 0 saturated carbocycles. The van der Waals surface area contributed by atoms with E-state index in [0.29, 0.717) is 18.1 Å². The van der Waals surface area contributed by atoms with E-state index in [1.54, 1.807) is 28.8 Å². The number of thiazole rings is 1. The molecule has 4 rings (SSSR count). The molecule has 6 nitrogen and oxygen atoms in total. The van der Waals surface area contributed by atoms with E-state index < -0.39 is 0 Å². The Morgan fingerprint density at radius 2 is 1.93 bits per heavy atom. The second kappa shape index (κ2) is 8.28. The Kier molecular flexibility index (Phi) is 5.55. The van der Waals surface area contributed by atoms with Crippen LogP contribution in [-0.4, -0.2) is 27.1 Å². The maximum Gasteiger partial charge on any atom is 0.258 e. The molecule has 1 amide bonds. The molecule has 0 aliphatic rings. The zero-order valence-electron chi connectivity index (χ0n) is 17.5. The van der Waals surface area contributed by atoms with Gasteiger partial charge in [0.25, 0.3) is 11.9 Å². The highest BCUT2D eigenvalue weighted by atomic mass is 32.1. The third-order valence-corrected chi connectivity index (χ3v) is 5.48. The summed E-state index contributed by atoms with van der Waals surface area (Å²) in [5.74, 6) is 1.23. The summed E-state index contributed by atoms with van der Waals surface area (Å²) in [6.07, 6.45) is 0. The fourth-order valence-electron chi connectivity index (χ4n) is 3.16. The number of carbonyl (C=O) groups is 1. The molecule has 7 heteroatoms. The van der Waals surface area contributed by atoms with Gasteiger partial charge < -0.3 is 4.74 Å². The van der Waals surface area contributed by atoms with Crippen LogP contribution >= 0.6 is 11.3 Å². The molecule has 30 heavy (non-hydrogen) atoms. The fraction of sp³-hybridized carbons (Fsp3) is 0.261. The van der Waals surface area contributed by atoms with E-state index in [0.717, 1.165) is 22.0 Å². The van der Waals surface area contributed by atoms with Gasteiger partial charge in [0.1, 0.15) is 5.75 Å². The molecule has 0 aliphatic heterocycles. The number of anilines is 1. The molecular formula is C23H24N4O2S. The van der Waals surface area contributed by atoms with Crippen molar-refractivity contribution in [2.75, 3.05) is 11.9 Å². The molecule has 0 radical (unpaired) electrons. The van der Waals surface area contributed by atoms with Crippen LogP contribution in [0, 0.1) is 19.8 Å². The van der Waals surface area contributed by atoms with Gasteiger partial charge in [-0.1, -0.05) is 37.6 Å². The van der Waals surface area contributed by atoms with Crippen molar-refractivity contribution in [2.24, 2.45) is 5.92 Å². The predicted molar refractivity (Wildman–Crippen MR) is 121 cm³/mol. The van der Waals surface area contributed by atoms with Gasteiger partial charge in [-0.3, -0.25) is 10.1 Å². The van der Waals surface area contributed by atoms with E-state index in [4.69, 9.17) is 4.74 Å². The Hall–Kier alpha value is -3.19. The summed E-state index contributed by atoms with van der Waals surface area (Å²) >= 11 is 1.50. The molecule has 2 aromatic carbocycles. The number of benzene rings is 2. The molecule has 0 saturated heterocycles. The molecule has 0 aliphatic carbocycles. The number of nitrogens with one attached hydrogen (secondary N) is 1. The molecular weight excluding hydrogens is 396 g/mol. The largest absolute Gasteiger partial charge is 0.493 e. The first-order valence-electron chi connectivity index (χ1n) is 9.87. The second-order valence-electron chi connectivity index (χ2n) is 7.75. The van der Waals surface area contributed by atoms with Crippen LogP contribution in [0.2, 0.25) is 0 Å². The molecule has 1 N–H and O–H groups in total. The number of nitrogens with zero attached hydrogens (tertiary/aromatic N) is 3. The van der Waals surface area contributed by atoms with Gasteiger partial charge >= 0.3 is 0 Å². The van der Waals surface area contributed by atoms with Crippen LogP contribution in [0.25, 0.3) is 16.2 Å². The highest BCUT2D eigenvalue weighted by Gasteiger charge is 2.15. The minimum Gasteiger partial charge on any atom is -0.493 e. The SMILES string of the molecule is Cc1ccc(-c2csc3nc(NC(=O)c4ccc(OCC(C)C)cc4)nn23)c(C)c1. The van der Waals surface area contributed by atoms with Gasteiger partial charge in [-0.15, -0.1) is 16.4 Å². The fourth-order valence-corrected chi connectivity index (χ4v) is 3.98. The normalized spacial score (nSPS) is 11.2. The summed E-state index contributed by atoms with van der Waals surface area (Å²) < 4.78 is 7.44. The minimum atomic E-state index is -0.253. The van der Waals surface area contributed by atoms with Gasteiger partial charge in [-0.05, 0) is 49.6 Å². The molecule has 0 fully saturated rings. The Balaban J connectivity index is 1.52. The van der Waals surface area contributed by atoms with E-state index in [-0.39, 0.29) is 11.9 Å². The first-order valence-corrected chi connectivity index (χ1v) is 10.7. The number of rotatable bonds is 6. The van der Waals surface area contributed by atoms with Crippen LogP contribution < -0.4 is 10.1 Å². The average molecular weight is 421 g/mol. The molecule has 0 spiro atoms. The second-order valence-corrected chi connectivity index (χ2v) is 8.59. The predicted octanol–water partition coefficient (Wildman–Crippen LogP) is 5.36. The van der Waals surface area contributed by atoms with Crippen LogP contribution in [0.4, 0.5) is 5.95 Å². The summed E-state index contributed by atoms with van der Waals surface area (Å²) in [5, 5.41) is 9.33. The Morgan fingerprint density at radius 1 is 1.17 bits per heavy atom. The van der Waals surface area contributed by atoms with Crippen molar-refractivity contribution in [3.8, 4) is 17.0 Å². The van der Waals surface area contributed by atoms with Crippen LogP contribution in [0.3, 0.4) is 0 Å². The number of ether oxygens (including phenoxy) is 1. The Bertz CT molecular complexity index is 1190. The molecule has 154 valence electrons. The van der Waals surface area contributed by atoms with Gasteiger partial charge in [0.2, 0.25) is 4.96 Å². The molecule has 4 aromatic rings. The number of carbonyl (C=O) groups excluding carboxylic acids is 1. The van der Waals surface area contributed by atoms with Crippen molar-refractivity contribution in [1.82, 2.24) is 14.6 Å². The monoisotopic (exact) mass is 420 g/mol. The van der Waals surface area contributed by atoms with Crippen LogP contribution in [0.15, 0.2) is 47.8 Å². The lowest BCUT2D eigenvalue weighted by Crippen LogP contribution is -2.13. The number of hydrogen-bond donors (Lipinski definition) is 1. The van der Waals surface area contributed by atoms with Crippen molar-refractivity contribution in [1.29, 1.82) is 0 Å². The topological polar surface area (TPSA) is 68.5 Å². The summed E-state index contributed by atoms with van der Waals surface area (Å²) in [6.45, 7) is 8.99. The van der Waals surface area contributed by atoms with E-state index in [9.17, 15) is 4.79 Å². The van der Waals surface area contributed by atoms with E-state index >= 15 is 0 Å². The Morgan fingerprint density at radius 3 is 2.63 bits per heavy atom. The number of amides is 1. The first-order chi connectivity index (χ1) is 14.4. The van der Waals surface area contributed by atoms with Gasteiger partial charge in [-0.25, -0.2) is 4.52 Å². The third-order valence-electron chi connectivity index (χ3n) is 4.66. The van der Waals surface area contributed by atoms with Crippen LogP contribution in [0.5, 0.6) is 5.75 Å². The lowest BCUT2D eigenvalue weighted by atomic mass is 10.0. The van der Waals surface area contributed by atoms with Crippen molar-refractivity contribution in [2.45, 2.75) is 27.7 Å². The van der Waals surface area contributed by atoms with Gasteiger partial charge in [0, 0.05) is 16.5 Å². The van der Waals surface area contributed by atoms with E-state index in [1.165, 1.54) is 22.5 Å². The molecule has 2 heterocycles. The minimum absolute atomic E-state index is 0.253. The van der Waals surface area contributed by atoms with Crippen molar-refractivity contribution in [3.05, 3.63) is 64.5 Å². The van der Waals surface area contributed by atoms with Crippen LogP contribution in [-0.2, 0) is 0 Å². The summed E-state index contributed by atoms with van der Waals surface area (Å²) in [4.78, 5) is 17.8. The maximum absolute atomic E-state index is 12.6. The quantitative estimate of drug-likeness (QED) is 0.456. The molecule has 0 atom stereocenters. The lowest BCUT2D eigenvalue weighted by molar-refractivity contribution is 0.102. The average Bonchev–Trinajstić information content (AvgIpc) is 3.27. The molecule has 2 aromatic heterocycles.